The monoisotopic (exact) mass is 530 g/mol. The normalized spacial score (nSPS) is 14.8. The largest absolute Gasteiger partial charge is 0.493 e. The minimum Gasteiger partial charge on any atom is -0.493 e. The molecule has 3 heterocycles. The third-order valence-electron chi connectivity index (χ3n) is 6.80. The van der Waals surface area contributed by atoms with Crippen molar-refractivity contribution >= 4 is 28.6 Å². The first kappa shape index (κ1) is 26.4. The van der Waals surface area contributed by atoms with Crippen molar-refractivity contribution in [2.24, 2.45) is 0 Å². The summed E-state index contributed by atoms with van der Waals surface area (Å²) in [5, 5.41) is 3.49. The van der Waals surface area contributed by atoms with Gasteiger partial charge >= 0.3 is 0 Å². The highest BCUT2D eigenvalue weighted by Gasteiger charge is 2.24. The molecule has 10 heteroatoms. The zero-order valence-electron chi connectivity index (χ0n) is 23.0. The summed E-state index contributed by atoms with van der Waals surface area (Å²) < 4.78 is 22.7. The van der Waals surface area contributed by atoms with Crippen LogP contribution in [0.5, 0.6) is 17.2 Å². The highest BCUT2D eigenvalue weighted by atomic mass is 16.5. The molecule has 0 aliphatic carbocycles. The fourth-order valence-corrected chi connectivity index (χ4v) is 4.78. The van der Waals surface area contributed by atoms with Crippen LogP contribution in [0.3, 0.4) is 0 Å². The van der Waals surface area contributed by atoms with Crippen molar-refractivity contribution in [2.45, 2.75) is 39.3 Å². The third-order valence-corrected chi connectivity index (χ3v) is 6.80. The van der Waals surface area contributed by atoms with E-state index in [4.69, 9.17) is 28.9 Å². The maximum absolute atomic E-state index is 6.00. The van der Waals surface area contributed by atoms with Gasteiger partial charge in [0.1, 0.15) is 0 Å². The van der Waals surface area contributed by atoms with E-state index >= 15 is 0 Å². The Morgan fingerprint density at radius 1 is 0.974 bits per heavy atom. The van der Waals surface area contributed by atoms with Crippen LogP contribution < -0.4 is 24.4 Å². The van der Waals surface area contributed by atoms with Crippen LogP contribution in [0.2, 0.25) is 0 Å². The van der Waals surface area contributed by atoms with Crippen LogP contribution in [-0.4, -0.2) is 60.5 Å². The van der Waals surface area contributed by atoms with E-state index in [1.807, 2.05) is 12.1 Å². The average Bonchev–Trinajstić information content (AvgIpc) is 3.47. The second-order valence-corrected chi connectivity index (χ2v) is 9.59. The molecule has 5 rings (SSSR count). The molecule has 204 valence electrons. The molecule has 39 heavy (non-hydrogen) atoms. The second kappa shape index (κ2) is 11.7. The van der Waals surface area contributed by atoms with Crippen molar-refractivity contribution in [2.75, 3.05) is 44.7 Å². The van der Waals surface area contributed by atoms with E-state index in [0.29, 0.717) is 53.3 Å². The van der Waals surface area contributed by atoms with Crippen molar-refractivity contribution in [1.29, 1.82) is 0 Å². The minimum atomic E-state index is 0.0728. The molecular weight excluding hydrogens is 496 g/mol. The molecule has 0 amide bonds. The first-order chi connectivity index (χ1) is 19.0. The highest BCUT2D eigenvalue weighted by molar-refractivity contribution is 5.86. The van der Waals surface area contributed by atoms with Gasteiger partial charge in [0.25, 0.3) is 0 Å². The molecular formula is C29H34N6O4. The summed E-state index contributed by atoms with van der Waals surface area (Å²) in [5.74, 6) is 2.85. The molecule has 1 saturated heterocycles. The van der Waals surface area contributed by atoms with Crippen molar-refractivity contribution in [3.05, 3.63) is 59.4 Å². The average molecular weight is 531 g/mol. The summed E-state index contributed by atoms with van der Waals surface area (Å²) >= 11 is 0. The predicted molar refractivity (Wildman–Crippen MR) is 150 cm³/mol. The Labute approximate surface area is 228 Å². The van der Waals surface area contributed by atoms with Gasteiger partial charge in [-0.3, -0.25) is 0 Å². The van der Waals surface area contributed by atoms with Crippen molar-refractivity contribution in [3.63, 3.8) is 0 Å². The predicted octanol–water partition coefficient (Wildman–Crippen LogP) is 4.99. The Hall–Kier alpha value is -4.18. The van der Waals surface area contributed by atoms with Crippen LogP contribution in [0.25, 0.3) is 11.2 Å². The van der Waals surface area contributed by atoms with Crippen LogP contribution in [0.1, 0.15) is 29.5 Å². The van der Waals surface area contributed by atoms with Gasteiger partial charge in [0.2, 0.25) is 11.7 Å². The summed E-state index contributed by atoms with van der Waals surface area (Å²) in [4.78, 5) is 21.0. The zero-order valence-corrected chi connectivity index (χ0v) is 23.0. The Morgan fingerprint density at radius 3 is 2.44 bits per heavy atom. The minimum absolute atomic E-state index is 0.0728. The van der Waals surface area contributed by atoms with Gasteiger partial charge in [-0.05, 0) is 61.6 Å². The number of aromatic nitrogens is 4. The van der Waals surface area contributed by atoms with Crippen molar-refractivity contribution in [1.82, 2.24) is 19.9 Å². The summed E-state index contributed by atoms with van der Waals surface area (Å²) in [7, 11) is 4.82. The number of methoxy groups -OCH3 is 3. The van der Waals surface area contributed by atoms with Gasteiger partial charge in [0.15, 0.2) is 28.5 Å². The van der Waals surface area contributed by atoms with Gasteiger partial charge in [0.05, 0.1) is 27.4 Å². The fraction of sp³-hybridized carbons (Fsp3) is 0.379. The Balaban J connectivity index is 1.58. The molecule has 2 aromatic heterocycles. The van der Waals surface area contributed by atoms with Crippen molar-refractivity contribution in [3.8, 4) is 17.2 Å². The van der Waals surface area contributed by atoms with Gasteiger partial charge in [-0.1, -0.05) is 12.1 Å². The molecule has 0 radical (unpaired) electrons. The van der Waals surface area contributed by atoms with E-state index in [1.165, 1.54) is 0 Å². The van der Waals surface area contributed by atoms with E-state index in [-0.39, 0.29) is 6.10 Å². The van der Waals surface area contributed by atoms with Crippen LogP contribution in [0, 0.1) is 13.8 Å². The van der Waals surface area contributed by atoms with E-state index in [9.17, 15) is 0 Å². The van der Waals surface area contributed by atoms with E-state index in [1.54, 1.807) is 33.7 Å². The number of nitrogens with zero attached hydrogens (tertiary/aromatic N) is 5. The molecule has 1 aliphatic rings. The summed E-state index contributed by atoms with van der Waals surface area (Å²) in [6.45, 7) is 5.99. The standard InChI is InChI=1S/C29H34N6O4/c1-18-8-9-19(2)22(13-18)32-28-25-27(31-11-10-30-25)33-29(34-28)35(17-21-7-6-12-39-21)16-20-14-23(36-3)26(38-5)24(15-20)37-4/h8-11,13-15,21H,6-7,12,16-17H2,1-5H3,(H,31,32,33,34). The Morgan fingerprint density at radius 2 is 1.74 bits per heavy atom. The number of aryl methyl sites for hydroxylation is 2. The summed E-state index contributed by atoms with van der Waals surface area (Å²) in [6, 6.07) is 10.2. The Kier molecular flexibility index (Phi) is 7.92. The second-order valence-electron chi connectivity index (χ2n) is 9.59. The Bertz CT molecular complexity index is 1430. The lowest BCUT2D eigenvalue weighted by Crippen LogP contribution is -2.33. The van der Waals surface area contributed by atoms with E-state index < -0.39 is 0 Å². The molecule has 1 unspecified atom stereocenters. The number of ether oxygens (including phenoxy) is 4. The molecule has 0 bridgehead atoms. The first-order valence-corrected chi connectivity index (χ1v) is 13.0. The van der Waals surface area contributed by atoms with Crippen LogP contribution >= 0.6 is 0 Å². The number of hydrogen-bond donors (Lipinski definition) is 1. The lowest BCUT2D eigenvalue weighted by Gasteiger charge is -2.27. The summed E-state index contributed by atoms with van der Waals surface area (Å²) in [6.07, 6.45) is 5.38. The van der Waals surface area contributed by atoms with Gasteiger partial charge in [-0.2, -0.15) is 9.97 Å². The lowest BCUT2D eigenvalue weighted by molar-refractivity contribution is 0.115. The van der Waals surface area contributed by atoms with E-state index in [0.717, 1.165) is 41.8 Å². The van der Waals surface area contributed by atoms with Crippen LogP contribution in [0.4, 0.5) is 17.5 Å². The van der Waals surface area contributed by atoms with Crippen LogP contribution in [-0.2, 0) is 11.3 Å². The molecule has 4 aromatic rings. The molecule has 1 fully saturated rings. The van der Waals surface area contributed by atoms with Gasteiger partial charge in [-0.25, -0.2) is 9.97 Å². The smallest absolute Gasteiger partial charge is 0.229 e. The third kappa shape index (κ3) is 5.80. The lowest BCUT2D eigenvalue weighted by atomic mass is 10.1. The maximum Gasteiger partial charge on any atom is 0.229 e. The first-order valence-electron chi connectivity index (χ1n) is 13.0. The van der Waals surface area contributed by atoms with Crippen LogP contribution in [0.15, 0.2) is 42.7 Å². The number of fused-ring (bicyclic) bond motifs is 1. The highest BCUT2D eigenvalue weighted by Crippen LogP contribution is 2.39. The van der Waals surface area contributed by atoms with Gasteiger partial charge < -0.3 is 29.2 Å². The molecule has 2 aromatic carbocycles. The topological polar surface area (TPSA) is 104 Å². The maximum atomic E-state index is 6.00. The number of anilines is 3. The molecule has 1 atom stereocenters. The summed E-state index contributed by atoms with van der Waals surface area (Å²) in [5.41, 5.74) is 5.28. The molecule has 1 aliphatic heterocycles. The number of benzene rings is 2. The molecule has 0 saturated carbocycles. The SMILES string of the molecule is COc1cc(CN(CC2CCCO2)c2nc(Nc3cc(C)ccc3C)c3nccnc3n2)cc(OC)c1OC. The number of rotatable bonds is 10. The molecule has 10 nitrogen and oxygen atoms in total. The molecule has 1 N–H and O–H groups in total. The fourth-order valence-electron chi connectivity index (χ4n) is 4.78. The zero-order chi connectivity index (χ0) is 27.4. The number of hydrogen-bond acceptors (Lipinski definition) is 10. The van der Waals surface area contributed by atoms with E-state index in [2.05, 4.69) is 52.2 Å². The van der Waals surface area contributed by atoms with Crippen molar-refractivity contribution < 1.29 is 18.9 Å². The van der Waals surface area contributed by atoms with Gasteiger partial charge in [-0.15, -0.1) is 0 Å². The number of nitrogens with one attached hydrogen (secondary N) is 1. The quantitative estimate of drug-likeness (QED) is 0.301. The molecule has 0 spiro atoms. The van der Waals surface area contributed by atoms with Gasteiger partial charge in [0, 0.05) is 37.8 Å².